The Morgan fingerprint density at radius 3 is 1.60 bits per heavy atom. The predicted molar refractivity (Wildman–Crippen MR) is 145 cm³/mol. The molecule has 0 unspecified atom stereocenters. The van der Waals surface area contributed by atoms with E-state index < -0.39 is 0 Å². The number of fused-ring (bicyclic) bond motifs is 11. The lowest BCUT2D eigenvalue weighted by molar-refractivity contribution is 0.793. The van der Waals surface area contributed by atoms with E-state index >= 15 is 0 Å². The summed E-state index contributed by atoms with van der Waals surface area (Å²) in [5.74, 6) is 0. The highest BCUT2D eigenvalue weighted by atomic mass is 14.5. The summed E-state index contributed by atoms with van der Waals surface area (Å²) < 4.78 is 0. The molecular formula is C35H24. The first-order valence-corrected chi connectivity index (χ1v) is 12.6. The first-order valence-electron chi connectivity index (χ1n) is 12.6. The molecule has 0 saturated carbocycles. The van der Waals surface area contributed by atoms with Gasteiger partial charge in [-0.05, 0) is 85.7 Å². The van der Waals surface area contributed by atoms with Gasteiger partial charge in [0.15, 0.2) is 0 Å². The van der Waals surface area contributed by atoms with Crippen molar-refractivity contribution in [1.29, 1.82) is 0 Å². The minimum atomic E-state index is -0.274. The van der Waals surface area contributed by atoms with Gasteiger partial charge in [0.2, 0.25) is 0 Å². The lowest BCUT2D eigenvalue weighted by Gasteiger charge is -2.31. The predicted octanol–water partition coefficient (Wildman–Crippen LogP) is 8.41. The molecule has 5 aromatic rings. The molecule has 0 fully saturated rings. The second kappa shape index (κ2) is 6.93. The number of rotatable bonds is 1. The van der Waals surface area contributed by atoms with Crippen molar-refractivity contribution in [2.24, 2.45) is 0 Å². The fourth-order valence-corrected chi connectivity index (χ4v) is 7.02. The largest absolute Gasteiger partial charge is 0.0757 e. The fourth-order valence-electron chi connectivity index (χ4n) is 7.02. The zero-order valence-electron chi connectivity index (χ0n) is 19.5. The highest BCUT2D eigenvalue weighted by molar-refractivity contribution is 5.96. The van der Waals surface area contributed by atoms with Crippen molar-refractivity contribution < 1.29 is 0 Å². The van der Waals surface area contributed by atoms with E-state index in [0.717, 1.165) is 12.8 Å². The summed E-state index contributed by atoms with van der Waals surface area (Å²) in [5, 5.41) is 0. The van der Waals surface area contributed by atoms with E-state index in [4.69, 9.17) is 0 Å². The van der Waals surface area contributed by atoms with Crippen molar-refractivity contribution in [2.75, 3.05) is 0 Å². The summed E-state index contributed by atoms with van der Waals surface area (Å²) in [6.07, 6.45) is 4.66. The van der Waals surface area contributed by atoms with Crippen LogP contribution in [0.1, 0.15) is 45.4 Å². The Hall–Kier alpha value is -4.16. The standard InChI is InChI=1S/C35H24/c1-2-12-25-23(10-1)11-9-16-26(25)24-20-21-30-29-15-5-8-19-33(29)35(34(30)22-24)31-17-6-3-13-27(31)28-14-4-7-18-32(28)35/h1-8,10,12-22H,9,11H2. The molecule has 0 amide bonds. The van der Waals surface area contributed by atoms with E-state index in [1.165, 1.54) is 66.8 Å². The van der Waals surface area contributed by atoms with Gasteiger partial charge in [0.1, 0.15) is 0 Å². The van der Waals surface area contributed by atoms with Crippen LogP contribution in [0.2, 0.25) is 0 Å². The normalized spacial score (nSPS) is 15.6. The molecule has 0 nitrogen and oxygen atoms in total. The van der Waals surface area contributed by atoms with Crippen molar-refractivity contribution in [2.45, 2.75) is 18.3 Å². The Kier molecular flexibility index (Phi) is 3.80. The number of hydrogen-bond donors (Lipinski definition) is 0. The third-order valence-electron chi connectivity index (χ3n) is 8.38. The van der Waals surface area contributed by atoms with Crippen LogP contribution in [0.25, 0.3) is 27.8 Å². The Labute approximate surface area is 206 Å². The molecule has 0 aliphatic heterocycles. The Balaban J connectivity index is 1.47. The van der Waals surface area contributed by atoms with Crippen LogP contribution in [0.4, 0.5) is 0 Å². The quantitative estimate of drug-likeness (QED) is 0.238. The van der Waals surface area contributed by atoms with Gasteiger partial charge in [-0.25, -0.2) is 0 Å². The van der Waals surface area contributed by atoms with Crippen LogP contribution in [-0.4, -0.2) is 0 Å². The smallest absolute Gasteiger partial charge is 0.0725 e. The lowest BCUT2D eigenvalue weighted by Crippen LogP contribution is -2.26. The van der Waals surface area contributed by atoms with E-state index in [2.05, 4.69) is 121 Å². The number of hydrogen-bond acceptors (Lipinski definition) is 0. The topological polar surface area (TPSA) is 0 Å². The van der Waals surface area contributed by atoms with Gasteiger partial charge in [-0.2, -0.15) is 0 Å². The number of aryl methyl sites for hydroxylation is 1. The van der Waals surface area contributed by atoms with E-state index in [0.29, 0.717) is 0 Å². The zero-order chi connectivity index (χ0) is 23.0. The second-order valence-corrected chi connectivity index (χ2v) is 9.96. The lowest BCUT2D eigenvalue weighted by atomic mass is 9.70. The molecule has 0 atom stereocenters. The van der Waals surface area contributed by atoms with Crippen LogP contribution < -0.4 is 0 Å². The van der Waals surface area contributed by atoms with Gasteiger partial charge in [-0.1, -0.05) is 115 Å². The summed E-state index contributed by atoms with van der Waals surface area (Å²) in [5.41, 5.74) is 16.3. The van der Waals surface area contributed by atoms with Gasteiger partial charge < -0.3 is 0 Å². The maximum atomic E-state index is 2.50. The minimum absolute atomic E-state index is 0.274. The van der Waals surface area contributed by atoms with Crippen molar-refractivity contribution in [3.63, 3.8) is 0 Å². The van der Waals surface area contributed by atoms with Crippen LogP contribution in [-0.2, 0) is 11.8 Å². The molecule has 1 spiro atoms. The molecule has 0 heteroatoms. The average molecular weight is 445 g/mol. The van der Waals surface area contributed by atoms with Gasteiger partial charge in [-0.3, -0.25) is 0 Å². The van der Waals surface area contributed by atoms with Gasteiger partial charge >= 0.3 is 0 Å². The molecule has 8 rings (SSSR count). The molecule has 0 aromatic heterocycles. The fraction of sp³-hybridized carbons (Fsp3) is 0.0857. The second-order valence-electron chi connectivity index (χ2n) is 9.96. The molecule has 0 N–H and O–H groups in total. The summed E-state index contributed by atoms with van der Waals surface area (Å²) in [7, 11) is 0. The molecule has 3 aliphatic rings. The van der Waals surface area contributed by atoms with E-state index in [9.17, 15) is 0 Å². The maximum absolute atomic E-state index is 2.50. The first-order chi connectivity index (χ1) is 17.4. The summed E-state index contributed by atoms with van der Waals surface area (Å²) in [6, 6.07) is 43.2. The molecule has 0 saturated heterocycles. The molecular weight excluding hydrogens is 420 g/mol. The number of benzene rings is 5. The SMILES string of the molecule is C1=C(c2ccc3c(c2)C2(c4ccccc4-c4ccccc42)c2ccccc2-3)c2ccccc2CC1. The average Bonchev–Trinajstić information content (AvgIpc) is 3.40. The highest BCUT2D eigenvalue weighted by Gasteiger charge is 2.51. The molecule has 164 valence electrons. The summed E-state index contributed by atoms with van der Waals surface area (Å²) in [6.45, 7) is 0. The third kappa shape index (κ3) is 2.37. The van der Waals surface area contributed by atoms with Crippen LogP contribution in [0, 0.1) is 0 Å². The monoisotopic (exact) mass is 444 g/mol. The molecule has 35 heavy (non-hydrogen) atoms. The molecule has 5 aromatic carbocycles. The maximum Gasteiger partial charge on any atom is 0.0725 e. The van der Waals surface area contributed by atoms with Gasteiger partial charge in [0, 0.05) is 0 Å². The molecule has 0 heterocycles. The van der Waals surface area contributed by atoms with Crippen molar-refractivity contribution in [3.8, 4) is 22.3 Å². The van der Waals surface area contributed by atoms with Crippen molar-refractivity contribution in [3.05, 3.63) is 160 Å². The highest BCUT2D eigenvalue weighted by Crippen LogP contribution is 2.62. The minimum Gasteiger partial charge on any atom is -0.0757 e. The summed E-state index contributed by atoms with van der Waals surface area (Å²) >= 11 is 0. The Morgan fingerprint density at radius 2 is 0.971 bits per heavy atom. The molecule has 0 bridgehead atoms. The molecule has 3 aliphatic carbocycles. The Bertz CT molecular complexity index is 1630. The van der Waals surface area contributed by atoms with E-state index in [1.807, 2.05) is 0 Å². The van der Waals surface area contributed by atoms with Crippen LogP contribution in [0.5, 0.6) is 0 Å². The van der Waals surface area contributed by atoms with Crippen LogP contribution >= 0.6 is 0 Å². The van der Waals surface area contributed by atoms with Crippen molar-refractivity contribution >= 4 is 5.57 Å². The molecule has 0 radical (unpaired) electrons. The van der Waals surface area contributed by atoms with Crippen LogP contribution in [0.3, 0.4) is 0 Å². The summed E-state index contributed by atoms with van der Waals surface area (Å²) in [4.78, 5) is 0. The van der Waals surface area contributed by atoms with E-state index in [1.54, 1.807) is 0 Å². The van der Waals surface area contributed by atoms with Crippen molar-refractivity contribution in [1.82, 2.24) is 0 Å². The third-order valence-corrected chi connectivity index (χ3v) is 8.38. The van der Waals surface area contributed by atoms with E-state index in [-0.39, 0.29) is 5.41 Å². The first kappa shape index (κ1) is 19.2. The van der Waals surface area contributed by atoms with Crippen LogP contribution in [0.15, 0.2) is 121 Å². The number of allylic oxidation sites excluding steroid dienone is 1. The van der Waals surface area contributed by atoms with Gasteiger partial charge in [-0.15, -0.1) is 0 Å². The van der Waals surface area contributed by atoms with Gasteiger partial charge in [0.05, 0.1) is 5.41 Å². The zero-order valence-corrected chi connectivity index (χ0v) is 19.5. The van der Waals surface area contributed by atoms with Gasteiger partial charge in [0.25, 0.3) is 0 Å². The Morgan fingerprint density at radius 1 is 0.457 bits per heavy atom.